The second kappa shape index (κ2) is 7.81. The fourth-order valence-electron chi connectivity index (χ4n) is 2.14. The van der Waals surface area contributed by atoms with Crippen LogP contribution in [0.4, 0.5) is 11.4 Å². The van der Waals surface area contributed by atoms with Crippen LogP contribution in [0.5, 0.6) is 0 Å². The lowest BCUT2D eigenvalue weighted by molar-refractivity contribution is 0.552. The van der Waals surface area contributed by atoms with Crippen molar-refractivity contribution >= 4 is 39.0 Å². The molecule has 0 fully saturated rings. The lowest BCUT2D eigenvalue weighted by Crippen LogP contribution is -2.14. The summed E-state index contributed by atoms with van der Waals surface area (Å²) in [5.41, 5.74) is 2.21. The molecule has 0 aliphatic heterocycles. The van der Waals surface area contributed by atoms with Crippen molar-refractivity contribution in [3.63, 3.8) is 0 Å². The maximum absolute atomic E-state index is 13.1. The minimum Gasteiger partial charge on any atom is -0.366 e. The van der Waals surface area contributed by atoms with E-state index in [4.69, 9.17) is 11.6 Å². The van der Waals surface area contributed by atoms with Gasteiger partial charge in [-0.1, -0.05) is 29.8 Å². The highest BCUT2D eigenvalue weighted by atomic mass is 35.5. The Labute approximate surface area is 149 Å². The van der Waals surface area contributed by atoms with Crippen LogP contribution in [0, 0.1) is 6.92 Å². The number of rotatable bonds is 5. The Morgan fingerprint density at radius 1 is 1.25 bits per heavy atom. The molecule has 128 valence electrons. The van der Waals surface area contributed by atoms with E-state index < -0.39 is 9.73 Å². The van der Waals surface area contributed by atoms with Crippen molar-refractivity contribution in [3.05, 3.63) is 53.1 Å². The smallest absolute Gasteiger partial charge is 0.0910 e. The van der Waals surface area contributed by atoms with Crippen LogP contribution in [-0.4, -0.2) is 35.3 Å². The third kappa shape index (κ3) is 4.58. The largest absolute Gasteiger partial charge is 0.366 e. The molecule has 0 radical (unpaired) electrons. The molecule has 0 saturated carbocycles. The van der Waals surface area contributed by atoms with Crippen LogP contribution in [0.3, 0.4) is 0 Å². The van der Waals surface area contributed by atoms with Crippen LogP contribution in [0.25, 0.3) is 0 Å². The summed E-state index contributed by atoms with van der Waals surface area (Å²) in [5, 5.41) is 0.467. The van der Waals surface area contributed by atoms with E-state index in [9.17, 15) is 4.21 Å². The van der Waals surface area contributed by atoms with Crippen LogP contribution >= 0.6 is 11.6 Å². The monoisotopic (exact) mass is 363 g/mol. The van der Waals surface area contributed by atoms with E-state index in [1.807, 2.05) is 62.2 Å². The quantitative estimate of drug-likeness (QED) is 0.551. The average Bonchev–Trinajstić information content (AvgIpc) is 2.55. The number of halogens is 1. The zero-order chi connectivity index (χ0) is 17.7. The number of benzene rings is 2. The normalized spacial score (nSPS) is 13.7. The molecular weight excluding hydrogens is 342 g/mol. The van der Waals surface area contributed by atoms with Crippen molar-refractivity contribution in [3.8, 4) is 0 Å². The summed E-state index contributed by atoms with van der Waals surface area (Å²) in [6, 6.07) is 12.9. The first-order chi connectivity index (χ1) is 11.3. The summed E-state index contributed by atoms with van der Waals surface area (Å²) < 4.78 is 17.5. The second-order valence-electron chi connectivity index (χ2n) is 5.62. The van der Waals surface area contributed by atoms with E-state index in [1.54, 1.807) is 18.7 Å². The first-order valence-electron chi connectivity index (χ1n) is 7.65. The summed E-state index contributed by atoms with van der Waals surface area (Å²) >= 11 is 6.34. The summed E-state index contributed by atoms with van der Waals surface area (Å²) in [6.07, 6.45) is 3.37. The van der Waals surface area contributed by atoms with Gasteiger partial charge in [0.1, 0.15) is 0 Å². The van der Waals surface area contributed by atoms with Gasteiger partial charge < -0.3 is 4.90 Å². The van der Waals surface area contributed by atoms with Gasteiger partial charge >= 0.3 is 0 Å². The van der Waals surface area contributed by atoms with E-state index in [0.29, 0.717) is 21.3 Å². The van der Waals surface area contributed by atoms with Gasteiger partial charge in [-0.2, -0.15) is 4.36 Å². The van der Waals surface area contributed by atoms with Gasteiger partial charge in [-0.25, -0.2) is 9.20 Å². The lowest BCUT2D eigenvalue weighted by Gasteiger charge is -2.12. The van der Waals surface area contributed by atoms with Gasteiger partial charge in [-0.05, 0) is 43.7 Å². The molecule has 0 amide bonds. The molecule has 0 aliphatic carbocycles. The Morgan fingerprint density at radius 2 is 1.92 bits per heavy atom. The predicted octanol–water partition coefficient (Wildman–Crippen LogP) is 5.05. The van der Waals surface area contributed by atoms with Crippen molar-refractivity contribution in [1.29, 1.82) is 0 Å². The van der Waals surface area contributed by atoms with Gasteiger partial charge in [0.2, 0.25) is 0 Å². The van der Waals surface area contributed by atoms with Crippen LogP contribution < -0.4 is 0 Å². The molecule has 24 heavy (non-hydrogen) atoms. The molecule has 0 saturated heterocycles. The summed E-state index contributed by atoms with van der Waals surface area (Å²) in [6.45, 7) is 4.80. The molecule has 0 aromatic heterocycles. The molecule has 4 nitrogen and oxygen atoms in total. The maximum atomic E-state index is 13.1. The van der Waals surface area contributed by atoms with Gasteiger partial charge in [0.15, 0.2) is 0 Å². The first-order valence-corrected chi connectivity index (χ1v) is 9.95. The SMILES string of the molecule is CCN(C)/C=N\c1cc(C)c(S(C)(=O)=Nc2ccccc2)cc1Cl. The standard InChI is InChI=1S/C18H22ClN3OS/c1-5-22(3)13-20-17-11-14(2)18(12-16(17)19)24(4,23)21-15-9-7-6-8-10-15/h6-13H,5H2,1-4H3/b20-13-. The van der Waals surface area contributed by atoms with Gasteiger partial charge in [-0.15, -0.1) is 0 Å². The summed E-state index contributed by atoms with van der Waals surface area (Å²) in [7, 11) is -0.650. The molecule has 1 atom stereocenters. The molecule has 0 aliphatic rings. The van der Waals surface area contributed by atoms with Crippen molar-refractivity contribution < 1.29 is 4.21 Å². The van der Waals surface area contributed by atoms with Gasteiger partial charge in [-0.3, -0.25) is 0 Å². The van der Waals surface area contributed by atoms with Crippen LogP contribution in [0.2, 0.25) is 5.02 Å². The Kier molecular flexibility index (Phi) is 6.02. The number of aryl methyl sites for hydroxylation is 1. The van der Waals surface area contributed by atoms with E-state index >= 15 is 0 Å². The minimum absolute atomic E-state index is 0.467. The summed E-state index contributed by atoms with van der Waals surface area (Å²) in [4.78, 5) is 6.98. The highest BCUT2D eigenvalue weighted by molar-refractivity contribution is 7.93. The Morgan fingerprint density at radius 3 is 2.54 bits per heavy atom. The summed E-state index contributed by atoms with van der Waals surface area (Å²) in [5.74, 6) is 0. The number of aliphatic imine (C=N–C) groups is 1. The third-order valence-corrected chi connectivity index (χ3v) is 5.70. The van der Waals surface area contributed by atoms with Crippen molar-refractivity contribution in [2.75, 3.05) is 19.8 Å². The molecule has 2 aromatic carbocycles. The minimum atomic E-state index is -2.59. The zero-order valence-electron chi connectivity index (χ0n) is 14.4. The second-order valence-corrected chi connectivity index (χ2v) is 8.25. The van der Waals surface area contributed by atoms with E-state index in [-0.39, 0.29) is 0 Å². The molecule has 0 heterocycles. The molecule has 0 spiro atoms. The molecular formula is C18H22ClN3OS. The third-order valence-electron chi connectivity index (χ3n) is 3.58. The van der Waals surface area contributed by atoms with Gasteiger partial charge in [0.25, 0.3) is 0 Å². The maximum Gasteiger partial charge on any atom is 0.0910 e. The number of hydrogen-bond acceptors (Lipinski definition) is 3. The Hall–Kier alpha value is -1.85. The van der Waals surface area contributed by atoms with E-state index in [2.05, 4.69) is 9.36 Å². The first kappa shape index (κ1) is 18.5. The van der Waals surface area contributed by atoms with Gasteiger partial charge in [0.05, 0.1) is 37.4 Å². The topological polar surface area (TPSA) is 45.0 Å². The van der Waals surface area contributed by atoms with Crippen molar-refractivity contribution in [2.24, 2.45) is 9.36 Å². The Balaban J connectivity index is 2.45. The molecule has 6 heteroatoms. The predicted molar refractivity (Wildman–Crippen MR) is 104 cm³/mol. The molecule has 2 rings (SSSR count). The molecule has 2 aromatic rings. The molecule has 0 bridgehead atoms. The fourth-order valence-corrected chi connectivity index (χ4v) is 4.03. The van der Waals surface area contributed by atoms with Crippen molar-refractivity contribution in [1.82, 2.24) is 4.90 Å². The average molecular weight is 364 g/mol. The van der Waals surface area contributed by atoms with E-state index in [1.165, 1.54) is 0 Å². The van der Waals surface area contributed by atoms with E-state index in [0.717, 1.165) is 12.1 Å². The molecule has 1 unspecified atom stereocenters. The van der Waals surface area contributed by atoms with Crippen LogP contribution in [-0.2, 0) is 9.73 Å². The zero-order valence-corrected chi connectivity index (χ0v) is 15.9. The Bertz CT molecular complexity index is 856. The number of nitrogens with zero attached hydrogens (tertiary/aromatic N) is 3. The number of hydrogen-bond donors (Lipinski definition) is 0. The fraction of sp³-hybridized carbons (Fsp3) is 0.278. The van der Waals surface area contributed by atoms with Crippen LogP contribution in [0.1, 0.15) is 12.5 Å². The highest BCUT2D eigenvalue weighted by Gasteiger charge is 2.13. The van der Waals surface area contributed by atoms with Crippen LogP contribution in [0.15, 0.2) is 56.7 Å². The van der Waals surface area contributed by atoms with Gasteiger partial charge in [0, 0.05) is 19.8 Å². The molecule has 0 N–H and O–H groups in total. The highest BCUT2D eigenvalue weighted by Crippen LogP contribution is 2.32. The van der Waals surface area contributed by atoms with Crippen molar-refractivity contribution in [2.45, 2.75) is 18.7 Å². The lowest BCUT2D eigenvalue weighted by atomic mass is 10.2.